The van der Waals surface area contributed by atoms with Crippen LogP contribution < -0.4 is 5.32 Å². The first-order valence-electron chi connectivity index (χ1n) is 5.24. The van der Waals surface area contributed by atoms with Gasteiger partial charge in [-0.15, -0.1) is 0 Å². The van der Waals surface area contributed by atoms with Crippen molar-refractivity contribution in [1.82, 2.24) is 10.2 Å². The van der Waals surface area contributed by atoms with Crippen LogP contribution in [0, 0.1) is 0 Å². The van der Waals surface area contributed by atoms with Crippen molar-refractivity contribution in [3.05, 3.63) is 0 Å². The zero-order valence-corrected chi connectivity index (χ0v) is 9.05. The fraction of sp³-hybridized carbons (Fsp3) is 0.900. The Morgan fingerprint density at radius 2 is 2.21 bits per heavy atom. The summed E-state index contributed by atoms with van der Waals surface area (Å²) < 4.78 is 0. The van der Waals surface area contributed by atoms with Crippen molar-refractivity contribution in [2.45, 2.75) is 31.7 Å². The monoisotopic (exact) mass is 200 g/mol. The molecule has 0 amide bonds. The summed E-state index contributed by atoms with van der Waals surface area (Å²) in [4.78, 5) is 12.9. The zero-order valence-electron chi connectivity index (χ0n) is 9.05. The molecule has 0 spiro atoms. The number of unbranched alkanes of at least 4 members (excludes halogenated alkanes) is 1. The van der Waals surface area contributed by atoms with Crippen LogP contribution in [0.1, 0.15) is 26.2 Å². The van der Waals surface area contributed by atoms with Gasteiger partial charge in [0, 0.05) is 13.1 Å². The second kappa shape index (κ2) is 4.75. The van der Waals surface area contributed by atoms with Gasteiger partial charge in [0.05, 0.1) is 12.0 Å². The van der Waals surface area contributed by atoms with Crippen molar-refractivity contribution in [3.8, 4) is 0 Å². The average Bonchev–Trinajstić information content (AvgIpc) is 2.07. The molecule has 0 saturated carbocycles. The van der Waals surface area contributed by atoms with Crippen molar-refractivity contribution < 1.29 is 9.90 Å². The molecular weight excluding hydrogens is 180 g/mol. The lowest BCUT2D eigenvalue weighted by Crippen LogP contribution is -2.68. The molecule has 4 nitrogen and oxygen atoms in total. The Balaban J connectivity index is 2.46. The van der Waals surface area contributed by atoms with E-state index in [1.165, 1.54) is 0 Å². The minimum atomic E-state index is -0.699. The van der Waals surface area contributed by atoms with Crippen molar-refractivity contribution in [2.75, 3.05) is 26.7 Å². The number of carboxylic acid groups (broad SMARTS) is 1. The molecule has 1 saturated heterocycles. The molecule has 0 aromatic heterocycles. The fourth-order valence-corrected chi connectivity index (χ4v) is 1.86. The van der Waals surface area contributed by atoms with Gasteiger partial charge in [-0.3, -0.25) is 9.69 Å². The molecule has 0 bridgehead atoms. The number of nitrogens with zero attached hydrogens (tertiary/aromatic N) is 1. The van der Waals surface area contributed by atoms with E-state index >= 15 is 0 Å². The van der Waals surface area contributed by atoms with E-state index in [9.17, 15) is 4.79 Å². The van der Waals surface area contributed by atoms with Gasteiger partial charge in [-0.05, 0) is 20.0 Å². The van der Waals surface area contributed by atoms with E-state index in [2.05, 4.69) is 17.1 Å². The van der Waals surface area contributed by atoms with E-state index < -0.39 is 5.97 Å². The summed E-state index contributed by atoms with van der Waals surface area (Å²) in [6, 6.07) is 0. The third-order valence-electron chi connectivity index (χ3n) is 3.05. The molecule has 4 heteroatoms. The van der Waals surface area contributed by atoms with Gasteiger partial charge < -0.3 is 10.4 Å². The van der Waals surface area contributed by atoms with Crippen molar-refractivity contribution in [2.24, 2.45) is 0 Å². The molecule has 82 valence electrons. The Morgan fingerprint density at radius 3 is 2.57 bits per heavy atom. The van der Waals surface area contributed by atoms with Crippen molar-refractivity contribution in [3.63, 3.8) is 0 Å². The lowest BCUT2D eigenvalue weighted by molar-refractivity contribution is -0.141. The van der Waals surface area contributed by atoms with Gasteiger partial charge >= 0.3 is 5.97 Å². The highest BCUT2D eigenvalue weighted by atomic mass is 16.4. The summed E-state index contributed by atoms with van der Waals surface area (Å²) in [5, 5.41) is 12.0. The van der Waals surface area contributed by atoms with Crippen molar-refractivity contribution >= 4 is 5.97 Å². The van der Waals surface area contributed by atoms with Gasteiger partial charge in [0.1, 0.15) is 0 Å². The quantitative estimate of drug-likeness (QED) is 0.657. The first-order valence-corrected chi connectivity index (χ1v) is 5.24. The molecule has 1 fully saturated rings. The standard InChI is InChI=1S/C10H20N2O2/c1-3-4-5-12(2)10(6-9(13)14)7-11-8-10/h11H,3-8H2,1-2H3,(H,13,14). The van der Waals surface area contributed by atoms with Crippen LogP contribution >= 0.6 is 0 Å². The Bertz CT molecular complexity index is 202. The van der Waals surface area contributed by atoms with Gasteiger partial charge in [0.25, 0.3) is 0 Å². The molecule has 0 aliphatic carbocycles. The minimum Gasteiger partial charge on any atom is -0.481 e. The van der Waals surface area contributed by atoms with E-state index in [0.717, 1.165) is 32.5 Å². The van der Waals surface area contributed by atoms with E-state index in [4.69, 9.17) is 5.11 Å². The van der Waals surface area contributed by atoms with Crippen LogP contribution in [0.2, 0.25) is 0 Å². The Morgan fingerprint density at radius 1 is 1.57 bits per heavy atom. The van der Waals surface area contributed by atoms with Crippen LogP contribution in [0.15, 0.2) is 0 Å². The number of rotatable bonds is 6. The van der Waals surface area contributed by atoms with Gasteiger partial charge in [-0.25, -0.2) is 0 Å². The van der Waals surface area contributed by atoms with Crippen molar-refractivity contribution in [1.29, 1.82) is 0 Å². The van der Waals surface area contributed by atoms with Crippen LogP contribution in [0.25, 0.3) is 0 Å². The van der Waals surface area contributed by atoms with E-state index in [1.54, 1.807) is 0 Å². The summed E-state index contributed by atoms with van der Waals surface area (Å²) in [6.45, 7) is 4.75. The van der Waals surface area contributed by atoms with Crippen LogP contribution in [0.3, 0.4) is 0 Å². The second-order valence-corrected chi connectivity index (χ2v) is 4.17. The number of nitrogens with one attached hydrogen (secondary N) is 1. The number of hydrogen-bond acceptors (Lipinski definition) is 3. The summed E-state index contributed by atoms with van der Waals surface area (Å²) in [5.41, 5.74) is -0.124. The molecule has 0 radical (unpaired) electrons. The fourth-order valence-electron chi connectivity index (χ4n) is 1.86. The lowest BCUT2D eigenvalue weighted by Gasteiger charge is -2.48. The maximum atomic E-state index is 10.7. The smallest absolute Gasteiger partial charge is 0.305 e. The molecule has 1 aliphatic rings. The number of likely N-dealkylation sites (N-methyl/N-ethyl adjacent to an activating group) is 1. The number of carbonyl (C=O) groups is 1. The molecule has 1 aliphatic heterocycles. The second-order valence-electron chi connectivity index (χ2n) is 4.17. The SMILES string of the molecule is CCCCN(C)C1(CC(=O)O)CNC1. The first kappa shape index (κ1) is 11.5. The topological polar surface area (TPSA) is 52.6 Å². The van der Waals surface area contributed by atoms with Crippen LogP contribution in [0.5, 0.6) is 0 Å². The van der Waals surface area contributed by atoms with Crippen LogP contribution in [-0.2, 0) is 4.79 Å². The average molecular weight is 200 g/mol. The van der Waals surface area contributed by atoms with Gasteiger partial charge in [-0.2, -0.15) is 0 Å². The summed E-state index contributed by atoms with van der Waals surface area (Å²) in [5.74, 6) is -0.699. The molecule has 0 aromatic carbocycles. The maximum absolute atomic E-state index is 10.7. The molecule has 1 heterocycles. The molecule has 14 heavy (non-hydrogen) atoms. The number of carboxylic acids is 1. The summed E-state index contributed by atoms with van der Waals surface area (Å²) in [6.07, 6.45) is 2.54. The lowest BCUT2D eigenvalue weighted by atomic mass is 9.86. The molecule has 0 unspecified atom stereocenters. The number of hydrogen-bond donors (Lipinski definition) is 2. The molecule has 1 rings (SSSR count). The predicted molar refractivity (Wildman–Crippen MR) is 55.4 cm³/mol. The summed E-state index contributed by atoms with van der Waals surface area (Å²) >= 11 is 0. The van der Waals surface area contributed by atoms with Crippen LogP contribution in [-0.4, -0.2) is 48.2 Å². The normalized spacial score (nSPS) is 19.4. The van der Waals surface area contributed by atoms with E-state index in [0.29, 0.717) is 0 Å². The first-order chi connectivity index (χ1) is 6.60. The van der Waals surface area contributed by atoms with Crippen LogP contribution in [0.4, 0.5) is 0 Å². The zero-order chi connectivity index (χ0) is 10.6. The predicted octanol–water partition coefficient (Wildman–Crippen LogP) is 0.535. The van der Waals surface area contributed by atoms with Gasteiger partial charge in [0.15, 0.2) is 0 Å². The highest BCUT2D eigenvalue weighted by Gasteiger charge is 2.42. The molecule has 0 aromatic rings. The van der Waals surface area contributed by atoms with Gasteiger partial charge in [-0.1, -0.05) is 13.3 Å². The summed E-state index contributed by atoms with van der Waals surface area (Å²) in [7, 11) is 2.03. The molecule has 2 N–H and O–H groups in total. The Kier molecular flexibility index (Phi) is 3.89. The maximum Gasteiger partial charge on any atom is 0.305 e. The Labute approximate surface area is 85.3 Å². The highest BCUT2D eigenvalue weighted by molar-refractivity contribution is 5.68. The third-order valence-corrected chi connectivity index (χ3v) is 3.05. The number of aliphatic carboxylic acids is 1. The van der Waals surface area contributed by atoms with E-state index in [-0.39, 0.29) is 12.0 Å². The van der Waals surface area contributed by atoms with Gasteiger partial charge in [0.2, 0.25) is 0 Å². The Hall–Kier alpha value is -0.610. The minimum absolute atomic E-state index is 0.124. The van der Waals surface area contributed by atoms with E-state index in [1.807, 2.05) is 7.05 Å². The largest absolute Gasteiger partial charge is 0.481 e. The molecular formula is C10H20N2O2. The highest BCUT2D eigenvalue weighted by Crippen LogP contribution is 2.23. The third kappa shape index (κ3) is 2.45. The molecule has 0 atom stereocenters.